The van der Waals surface area contributed by atoms with Gasteiger partial charge in [0.2, 0.25) is 23.7 Å². The van der Waals surface area contributed by atoms with Crippen molar-refractivity contribution in [2.75, 3.05) is 13.1 Å². The van der Waals surface area contributed by atoms with Gasteiger partial charge in [-0.15, -0.1) is 11.3 Å². The molecule has 2 aliphatic rings. The lowest BCUT2D eigenvalue weighted by Crippen LogP contribution is -2.55. The minimum atomic E-state index is -1.43. The van der Waals surface area contributed by atoms with Gasteiger partial charge < -0.3 is 31.3 Å². The maximum atomic E-state index is 15.2. The molecule has 262 valence electrons. The molecule has 4 aromatic rings. The number of amides is 5. The Hall–Kier alpha value is -5.38. The molecule has 5 heterocycles. The second kappa shape index (κ2) is 14.6. The molecule has 0 saturated carbocycles. The molecule has 5 N–H and O–H groups in total. The van der Waals surface area contributed by atoms with E-state index in [1.54, 1.807) is 30.5 Å². The van der Waals surface area contributed by atoms with E-state index in [9.17, 15) is 33.9 Å². The van der Waals surface area contributed by atoms with Crippen molar-refractivity contribution in [1.29, 1.82) is 0 Å². The molecule has 2 fully saturated rings. The summed E-state index contributed by atoms with van der Waals surface area (Å²) in [4.78, 5) is 84.7. The van der Waals surface area contributed by atoms with Crippen LogP contribution in [0, 0.1) is 12.9 Å². The van der Waals surface area contributed by atoms with E-state index in [1.165, 1.54) is 22.4 Å². The van der Waals surface area contributed by atoms with Crippen molar-refractivity contribution in [2.24, 2.45) is 0 Å². The average molecular weight is 706 g/mol. The number of carbonyl (C=O) groups is 6. The van der Waals surface area contributed by atoms with Gasteiger partial charge in [-0.25, -0.2) is 9.78 Å². The molecule has 0 spiro atoms. The number of halogens is 1. The summed E-state index contributed by atoms with van der Waals surface area (Å²) in [7, 11) is 0. The van der Waals surface area contributed by atoms with Crippen molar-refractivity contribution in [3.05, 3.63) is 70.7 Å². The normalized spacial score (nSPS) is 22.3. The molecule has 2 saturated heterocycles. The SMILES string of the molecule is Cc1ccc2nc(C(=O)N[C@@H]3C[C@H]4C(=O)N[C@H](C(=O)O)CCC(=O)NCCCC[C@H](NC(=O)c5csc6ccccc56)C(=O)N4C3)c(F)n2c1. The Morgan fingerprint density at radius 2 is 1.84 bits per heavy atom. The van der Waals surface area contributed by atoms with Crippen LogP contribution in [0.1, 0.15) is 64.9 Å². The average Bonchev–Trinajstić information content (AvgIpc) is 3.80. The number of nitrogens with one attached hydrogen (secondary N) is 4. The van der Waals surface area contributed by atoms with E-state index in [-0.39, 0.29) is 50.3 Å². The van der Waals surface area contributed by atoms with E-state index >= 15 is 4.39 Å². The number of hydrogen-bond donors (Lipinski definition) is 5. The second-order valence-electron chi connectivity index (χ2n) is 12.6. The molecule has 4 atom stereocenters. The molecule has 6 rings (SSSR count). The van der Waals surface area contributed by atoms with Crippen molar-refractivity contribution in [2.45, 2.75) is 69.6 Å². The maximum Gasteiger partial charge on any atom is 0.326 e. The number of benzene rings is 1. The van der Waals surface area contributed by atoms with Crippen LogP contribution in [-0.4, -0.2) is 92.2 Å². The number of carboxylic acids is 1. The number of pyridine rings is 1. The van der Waals surface area contributed by atoms with Gasteiger partial charge in [0.1, 0.15) is 23.8 Å². The number of imidazole rings is 1. The minimum absolute atomic E-state index is 0.125. The molecule has 14 nitrogen and oxygen atoms in total. The number of thiophene rings is 1. The lowest BCUT2D eigenvalue weighted by atomic mass is 10.1. The molecule has 2 aliphatic heterocycles. The minimum Gasteiger partial charge on any atom is -0.480 e. The number of hydrogen-bond acceptors (Lipinski definition) is 8. The van der Waals surface area contributed by atoms with Gasteiger partial charge in [0, 0.05) is 47.2 Å². The molecule has 0 bridgehead atoms. The summed E-state index contributed by atoms with van der Waals surface area (Å²) in [5.74, 6) is -5.36. The monoisotopic (exact) mass is 705 g/mol. The molecule has 16 heteroatoms. The lowest BCUT2D eigenvalue weighted by molar-refractivity contribution is -0.144. The van der Waals surface area contributed by atoms with Crippen molar-refractivity contribution in [1.82, 2.24) is 35.6 Å². The predicted molar refractivity (Wildman–Crippen MR) is 180 cm³/mol. The Bertz CT molecular complexity index is 1990. The smallest absolute Gasteiger partial charge is 0.326 e. The maximum absolute atomic E-state index is 15.2. The fourth-order valence-electron chi connectivity index (χ4n) is 6.39. The third-order valence-electron chi connectivity index (χ3n) is 8.99. The van der Waals surface area contributed by atoms with E-state index in [4.69, 9.17) is 0 Å². The molecule has 1 aromatic carbocycles. The van der Waals surface area contributed by atoms with Crippen LogP contribution in [0.25, 0.3) is 15.7 Å². The fraction of sp³-hybridized carbons (Fsp3) is 0.382. The zero-order chi connectivity index (χ0) is 35.5. The Kier molecular flexibility index (Phi) is 10.1. The second-order valence-corrected chi connectivity index (χ2v) is 13.5. The first-order valence-electron chi connectivity index (χ1n) is 16.3. The third kappa shape index (κ3) is 7.29. The van der Waals surface area contributed by atoms with E-state index in [1.807, 2.05) is 18.2 Å². The van der Waals surface area contributed by atoms with Crippen molar-refractivity contribution in [3.8, 4) is 0 Å². The Morgan fingerprint density at radius 3 is 2.64 bits per heavy atom. The summed E-state index contributed by atoms with van der Waals surface area (Å²) in [5.41, 5.74) is 0.890. The van der Waals surface area contributed by atoms with Gasteiger partial charge in [0.25, 0.3) is 11.8 Å². The Labute approximate surface area is 289 Å². The lowest BCUT2D eigenvalue weighted by Gasteiger charge is -2.29. The number of rotatable bonds is 5. The van der Waals surface area contributed by atoms with E-state index in [2.05, 4.69) is 26.3 Å². The van der Waals surface area contributed by atoms with Crippen LogP contribution in [0.5, 0.6) is 0 Å². The van der Waals surface area contributed by atoms with Gasteiger partial charge in [0.05, 0.1) is 5.56 Å². The zero-order valence-corrected chi connectivity index (χ0v) is 27.9. The first kappa shape index (κ1) is 34.5. The van der Waals surface area contributed by atoms with Crippen molar-refractivity contribution >= 4 is 62.6 Å². The largest absolute Gasteiger partial charge is 0.480 e. The number of nitrogens with zero attached hydrogens (tertiary/aromatic N) is 3. The van der Waals surface area contributed by atoms with E-state index in [0.717, 1.165) is 20.1 Å². The first-order chi connectivity index (χ1) is 24.0. The van der Waals surface area contributed by atoms with Gasteiger partial charge >= 0.3 is 5.97 Å². The highest BCUT2D eigenvalue weighted by Gasteiger charge is 2.44. The van der Waals surface area contributed by atoms with Crippen LogP contribution in [0.3, 0.4) is 0 Å². The number of carbonyl (C=O) groups excluding carboxylic acids is 5. The highest BCUT2D eigenvalue weighted by molar-refractivity contribution is 7.17. The molecule has 0 unspecified atom stereocenters. The van der Waals surface area contributed by atoms with Crippen LogP contribution >= 0.6 is 11.3 Å². The molecular formula is C34H36FN7O7S. The van der Waals surface area contributed by atoms with Gasteiger partial charge in [-0.1, -0.05) is 24.3 Å². The summed E-state index contributed by atoms with van der Waals surface area (Å²) in [6, 6.07) is 6.03. The highest BCUT2D eigenvalue weighted by atomic mass is 32.1. The molecule has 50 heavy (non-hydrogen) atoms. The number of aromatic nitrogens is 2. The number of aryl methyl sites for hydroxylation is 1. The Balaban J connectivity index is 1.28. The summed E-state index contributed by atoms with van der Waals surface area (Å²) in [6.07, 6.45) is 2.11. The standard InChI is InChI=1S/C34H36FN7O7S/c1-18-9-11-26-40-28(29(35)42(26)15-18)32(46)37-19-14-24-31(45)39-23(34(48)49)10-12-27(43)36-13-5-4-7-22(33(47)41(24)16-19)38-30(44)21-17-50-25-8-3-2-6-20(21)25/h2-3,6,8-9,11,15,17,19,22-24H,4-5,7,10,12-14,16H2,1H3,(H,36,43)(H,37,46)(H,38,44)(H,39,45)(H,48,49)/t19-,22+,23+,24+/m1/s1. The summed E-state index contributed by atoms with van der Waals surface area (Å²) in [5, 5.41) is 22.9. The topological polar surface area (TPSA) is 191 Å². The van der Waals surface area contributed by atoms with Crippen LogP contribution in [0.4, 0.5) is 4.39 Å². The summed E-state index contributed by atoms with van der Waals surface area (Å²) in [6.45, 7) is 1.86. The fourth-order valence-corrected chi connectivity index (χ4v) is 7.33. The first-order valence-corrected chi connectivity index (χ1v) is 17.2. The molecule has 3 aromatic heterocycles. The third-order valence-corrected chi connectivity index (χ3v) is 9.95. The predicted octanol–water partition coefficient (Wildman–Crippen LogP) is 2.14. The van der Waals surface area contributed by atoms with Gasteiger partial charge in [-0.2, -0.15) is 4.39 Å². The Morgan fingerprint density at radius 1 is 1.04 bits per heavy atom. The zero-order valence-electron chi connectivity index (χ0n) is 27.1. The highest BCUT2D eigenvalue weighted by Crippen LogP contribution is 2.27. The van der Waals surface area contributed by atoms with E-state index < -0.39 is 65.4 Å². The van der Waals surface area contributed by atoms with E-state index in [0.29, 0.717) is 18.4 Å². The molecule has 5 amide bonds. The van der Waals surface area contributed by atoms with Crippen LogP contribution in [-0.2, 0) is 19.2 Å². The number of fused-ring (bicyclic) bond motifs is 3. The van der Waals surface area contributed by atoms with Crippen molar-refractivity contribution in [3.63, 3.8) is 0 Å². The number of aliphatic carboxylic acids is 1. The number of carboxylic acid groups (broad SMARTS) is 1. The molecule has 0 radical (unpaired) electrons. The van der Waals surface area contributed by atoms with Crippen LogP contribution in [0.15, 0.2) is 48.0 Å². The molecule has 0 aliphatic carbocycles. The quantitative estimate of drug-likeness (QED) is 0.209. The summed E-state index contributed by atoms with van der Waals surface area (Å²) < 4.78 is 17.3. The van der Waals surface area contributed by atoms with Crippen molar-refractivity contribution < 1.29 is 38.3 Å². The van der Waals surface area contributed by atoms with Gasteiger partial charge in [-0.05, 0) is 56.7 Å². The van der Waals surface area contributed by atoms with Gasteiger partial charge in [-0.3, -0.25) is 28.4 Å². The van der Waals surface area contributed by atoms with Crippen LogP contribution < -0.4 is 21.3 Å². The summed E-state index contributed by atoms with van der Waals surface area (Å²) >= 11 is 1.38. The molecular weight excluding hydrogens is 669 g/mol. The van der Waals surface area contributed by atoms with Crippen LogP contribution in [0.2, 0.25) is 0 Å². The van der Waals surface area contributed by atoms with Gasteiger partial charge in [0.15, 0.2) is 5.69 Å².